The van der Waals surface area contributed by atoms with Crippen LogP contribution in [0.3, 0.4) is 0 Å². The number of nitrogens with one attached hydrogen (secondary N) is 2. The summed E-state index contributed by atoms with van der Waals surface area (Å²) < 4.78 is 32.8. The van der Waals surface area contributed by atoms with Crippen molar-refractivity contribution < 1.29 is 22.9 Å². The Kier molecular flexibility index (Phi) is 7.47. The molecule has 0 unspecified atom stereocenters. The molecule has 9 nitrogen and oxygen atoms in total. The molecule has 0 radical (unpaired) electrons. The number of hydrogen-bond donors (Lipinski definition) is 2. The van der Waals surface area contributed by atoms with Crippen LogP contribution in [0.4, 0.5) is 11.4 Å². The van der Waals surface area contributed by atoms with Crippen molar-refractivity contribution in [1.82, 2.24) is 5.32 Å². The summed E-state index contributed by atoms with van der Waals surface area (Å²) in [7, 11) is -4.27. The molecule has 0 fully saturated rings. The van der Waals surface area contributed by atoms with Crippen molar-refractivity contribution in [1.29, 1.82) is 0 Å². The number of nitro groups is 1. The second kappa shape index (κ2) is 9.81. The Hall–Kier alpha value is -2.98. The minimum absolute atomic E-state index is 0.0305. The number of nitrogens with zero attached hydrogens (tertiary/aromatic N) is 1. The molecular weight excluding hydrogens is 386 g/mol. The molecule has 10 heteroatoms. The number of carbonyl (C=O) groups is 1. The zero-order valence-corrected chi connectivity index (χ0v) is 16.1. The van der Waals surface area contributed by atoms with Crippen LogP contribution in [0.25, 0.3) is 0 Å². The molecule has 0 saturated carbocycles. The van der Waals surface area contributed by atoms with E-state index in [4.69, 9.17) is 4.74 Å². The number of anilines is 1. The van der Waals surface area contributed by atoms with Gasteiger partial charge in [0.1, 0.15) is 0 Å². The summed E-state index contributed by atoms with van der Waals surface area (Å²) in [5.41, 5.74) is -0.406. The maximum absolute atomic E-state index is 12.7. The number of para-hydroxylation sites is 2. The van der Waals surface area contributed by atoms with E-state index in [0.717, 1.165) is 12.1 Å². The Bertz CT molecular complexity index is 946. The molecule has 0 saturated heterocycles. The Morgan fingerprint density at radius 1 is 1.14 bits per heavy atom. The van der Waals surface area contributed by atoms with E-state index < -0.39 is 31.4 Å². The molecule has 28 heavy (non-hydrogen) atoms. The molecule has 0 bridgehead atoms. The molecule has 2 aromatic rings. The molecule has 2 N–H and O–H groups in total. The van der Waals surface area contributed by atoms with Crippen LogP contribution in [-0.4, -0.2) is 39.0 Å². The molecule has 0 heterocycles. The van der Waals surface area contributed by atoms with E-state index in [2.05, 4.69) is 10.0 Å². The predicted octanol–water partition coefficient (Wildman–Crippen LogP) is 2.55. The minimum atomic E-state index is -4.27. The first-order valence-electron chi connectivity index (χ1n) is 8.58. The average molecular weight is 407 g/mol. The van der Waals surface area contributed by atoms with E-state index in [9.17, 15) is 23.3 Å². The van der Waals surface area contributed by atoms with Crippen LogP contribution >= 0.6 is 0 Å². The number of sulfonamides is 1. The fourth-order valence-electron chi connectivity index (χ4n) is 2.42. The smallest absolute Gasteiger partial charge is 0.289 e. The van der Waals surface area contributed by atoms with Gasteiger partial charge in [-0.25, -0.2) is 8.42 Å². The highest BCUT2D eigenvalue weighted by Crippen LogP contribution is 2.26. The summed E-state index contributed by atoms with van der Waals surface area (Å²) in [5, 5.41) is 13.8. The highest BCUT2D eigenvalue weighted by Gasteiger charge is 2.26. The number of amides is 1. The van der Waals surface area contributed by atoms with Crippen LogP contribution in [-0.2, 0) is 14.8 Å². The Morgan fingerprint density at radius 2 is 1.82 bits per heavy atom. The normalized spacial score (nSPS) is 11.0. The van der Waals surface area contributed by atoms with Gasteiger partial charge in [0.05, 0.1) is 16.2 Å². The lowest BCUT2D eigenvalue weighted by atomic mass is 10.1. The fourth-order valence-corrected chi connectivity index (χ4v) is 3.67. The van der Waals surface area contributed by atoms with Crippen molar-refractivity contribution in [2.75, 3.05) is 24.5 Å². The van der Waals surface area contributed by atoms with Gasteiger partial charge in [0.25, 0.3) is 21.6 Å². The van der Waals surface area contributed by atoms with Gasteiger partial charge in [-0.05, 0) is 31.5 Å². The number of benzene rings is 2. The van der Waals surface area contributed by atoms with E-state index in [0.29, 0.717) is 26.2 Å². The van der Waals surface area contributed by atoms with Crippen LogP contribution in [0.1, 0.15) is 23.7 Å². The van der Waals surface area contributed by atoms with Gasteiger partial charge in [-0.15, -0.1) is 0 Å². The quantitative estimate of drug-likeness (QED) is 0.354. The van der Waals surface area contributed by atoms with Gasteiger partial charge in [0.15, 0.2) is 4.90 Å². The minimum Gasteiger partial charge on any atom is -0.382 e. The zero-order chi connectivity index (χ0) is 20.6. The summed E-state index contributed by atoms with van der Waals surface area (Å²) in [5.74, 6) is -0.461. The predicted molar refractivity (Wildman–Crippen MR) is 104 cm³/mol. The molecule has 0 aliphatic rings. The summed E-state index contributed by atoms with van der Waals surface area (Å²) in [4.78, 5) is 22.3. The third kappa shape index (κ3) is 5.51. The molecule has 0 aromatic heterocycles. The summed E-state index contributed by atoms with van der Waals surface area (Å²) in [6.45, 7) is 3.33. The molecule has 0 aliphatic carbocycles. The third-order valence-corrected chi connectivity index (χ3v) is 5.14. The summed E-state index contributed by atoms with van der Waals surface area (Å²) >= 11 is 0. The van der Waals surface area contributed by atoms with Crippen molar-refractivity contribution in [2.24, 2.45) is 0 Å². The van der Waals surface area contributed by atoms with E-state index >= 15 is 0 Å². The van der Waals surface area contributed by atoms with Crippen molar-refractivity contribution in [3.8, 4) is 0 Å². The summed E-state index contributed by atoms with van der Waals surface area (Å²) in [6, 6.07) is 11.0. The Labute approximate surface area is 162 Å². The topological polar surface area (TPSA) is 128 Å². The van der Waals surface area contributed by atoms with Crippen molar-refractivity contribution in [3.63, 3.8) is 0 Å². The van der Waals surface area contributed by atoms with Gasteiger partial charge in [-0.1, -0.05) is 24.3 Å². The lowest BCUT2D eigenvalue weighted by molar-refractivity contribution is -0.387. The van der Waals surface area contributed by atoms with Crippen molar-refractivity contribution in [3.05, 3.63) is 64.2 Å². The largest absolute Gasteiger partial charge is 0.382 e. The van der Waals surface area contributed by atoms with Gasteiger partial charge < -0.3 is 10.1 Å². The third-order valence-electron chi connectivity index (χ3n) is 3.72. The standard InChI is InChI=1S/C18H21N3O6S/c1-2-27-13-7-12-19-18(22)14-8-3-4-9-15(14)20-28(25,26)17-11-6-5-10-16(17)21(23)24/h3-6,8-11,20H,2,7,12-13H2,1H3,(H,19,22). The average Bonchev–Trinajstić information content (AvgIpc) is 2.67. The van der Waals surface area contributed by atoms with Crippen LogP contribution in [0.2, 0.25) is 0 Å². The highest BCUT2D eigenvalue weighted by atomic mass is 32.2. The zero-order valence-electron chi connectivity index (χ0n) is 15.3. The van der Waals surface area contributed by atoms with Gasteiger partial charge in [-0.2, -0.15) is 0 Å². The molecule has 0 aliphatic heterocycles. The van der Waals surface area contributed by atoms with Gasteiger partial charge in [0, 0.05) is 25.8 Å². The highest BCUT2D eigenvalue weighted by molar-refractivity contribution is 7.92. The lowest BCUT2D eigenvalue weighted by Gasteiger charge is -2.13. The lowest BCUT2D eigenvalue weighted by Crippen LogP contribution is -2.27. The van der Waals surface area contributed by atoms with Crippen molar-refractivity contribution >= 4 is 27.3 Å². The monoisotopic (exact) mass is 407 g/mol. The van der Waals surface area contributed by atoms with Crippen LogP contribution in [0, 0.1) is 10.1 Å². The molecule has 1 amide bonds. The number of ether oxygens (including phenoxy) is 1. The van der Waals surface area contributed by atoms with E-state index in [1.165, 1.54) is 24.3 Å². The van der Waals surface area contributed by atoms with Gasteiger partial charge in [0.2, 0.25) is 0 Å². The van der Waals surface area contributed by atoms with Gasteiger partial charge in [-0.3, -0.25) is 19.6 Å². The van der Waals surface area contributed by atoms with Crippen LogP contribution in [0.5, 0.6) is 0 Å². The van der Waals surface area contributed by atoms with E-state index in [1.54, 1.807) is 12.1 Å². The number of rotatable bonds is 10. The maximum atomic E-state index is 12.7. The molecular formula is C18H21N3O6S. The number of hydrogen-bond acceptors (Lipinski definition) is 6. The van der Waals surface area contributed by atoms with Crippen LogP contribution in [0.15, 0.2) is 53.4 Å². The molecule has 0 spiro atoms. The first-order chi connectivity index (χ1) is 13.4. The SMILES string of the molecule is CCOCCCNC(=O)c1ccccc1NS(=O)(=O)c1ccccc1[N+](=O)[O-]. The number of carbonyl (C=O) groups excluding carboxylic acids is 1. The maximum Gasteiger partial charge on any atom is 0.289 e. The Balaban J connectivity index is 2.21. The Morgan fingerprint density at radius 3 is 2.54 bits per heavy atom. The molecule has 2 aromatic carbocycles. The molecule has 2 rings (SSSR count). The second-order valence-corrected chi connectivity index (χ2v) is 7.33. The first kappa shape index (κ1) is 21.3. The summed E-state index contributed by atoms with van der Waals surface area (Å²) in [6.07, 6.45) is 0.615. The second-order valence-electron chi connectivity index (χ2n) is 5.68. The number of nitro benzene ring substituents is 1. The van der Waals surface area contributed by atoms with Gasteiger partial charge >= 0.3 is 0 Å². The van der Waals surface area contributed by atoms with E-state index in [1.807, 2.05) is 6.92 Å². The first-order valence-corrected chi connectivity index (χ1v) is 10.1. The molecule has 150 valence electrons. The fraction of sp³-hybridized carbons (Fsp3) is 0.278. The van der Waals surface area contributed by atoms with Crippen molar-refractivity contribution in [2.45, 2.75) is 18.2 Å². The van der Waals surface area contributed by atoms with E-state index in [-0.39, 0.29) is 11.3 Å². The molecule has 0 atom stereocenters. The van der Waals surface area contributed by atoms with Crippen LogP contribution < -0.4 is 10.0 Å².